The van der Waals surface area contributed by atoms with Crippen LogP contribution in [0.2, 0.25) is 0 Å². The normalized spacial score (nSPS) is 18.7. The number of ether oxygens (including phenoxy) is 1. The number of hydrogen-bond donors (Lipinski definition) is 1. The number of hydrogen-bond acceptors (Lipinski definition) is 4. The van der Waals surface area contributed by atoms with Gasteiger partial charge in [0, 0.05) is 12.1 Å². The van der Waals surface area contributed by atoms with Crippen molar-refractivity contribution >= 4 is 0 Å². The zero-order chi connectivity index (χ0) is 12.5. The third-order valence-electron chi connectivity index (χ3n) is 3.22. The Labute approximate surface area is 106 Å². The van der Waals surface area contributed by atoms with Crippen molar-refractivity contribution < 1.29 is 4.74 Å². The summed E-state index contributed by atoms with van der Waals surface area (Å²) in [6.45, 7) is 3.79. The van der Waals surface area contributed by atoms with Crippen LogP contribution in [0.5, 0.6) is 0 Å². The highest BCUT2D eigenvalue weighted by molar-refractivity contribution is 5.62. The Morgan fingerprint density at radius 2 is 2.39 bits per heavy atom. The second-order valence-electron chi connectivity index (χ2n) is 4.61. The van der Waals surface area contributed by atoms with Crippen molar-refractivity contribution in [3.05, 3.63) is 35.5 Å². The van der Waals surface area contributed by atoms with Crippen LogP contribution in [0, 0.1) is 6.92 Å². The van der Waals surface area contributed by atoms with Crippen molar-refractivity contribution in [3.63, 3.8) is 0 Å². The van der Waals surface area contributed by atoms with E-state index in [9.17, 15) is 0 Å². The molecule has 5 nitrogen and oxygen atoms in total. The molecule has 2 N–H and O–H groups in total. The number of aryl methyl sites for hydroxylation is 1. The second-order valence-corrected chi connectivity index (χ2v) is 4.61. The number of fused-ring (bicyclic) bond motifs is 1. The molecule has 5 heteroatoms. The molecule has 0 bridgehead atoms. The predicted octanol–water partition coefficient (Wildman–Crippen LogP) is 1.11. The molecule has 3 rings (SSSR count). The summed E-state index contributed by atoms with van der Waals surface area (Å²) in [5, 5.41) is 8.46. The van der Waals surface area contributed by atoms with Crippen LogP contribution in [0.25, 0.3) is 11.3 Å². The van der Waals surface area contributed by atoms with E-state index in [1.165, 1.54) is 5.56 Å². The molecular formula is C13H16N4O. The van der Waals surface area contributed by atoms with Gasteiger partial charge in [-0.3, -0.25) is 0 Å². The minimum absolute atomic E-state index is 0.0459. The van der Waals surface area contributed by atoms with Gasteiger partial charge in [0.25, 0.3) is 0 Å². The van der Waals surface area contributed by atoms with Crippen molar-refractivity contribution in [2.24, 2.45) is 5.73 Å². The monoisotopic (exact) mass is 244 g/mol. The van der Waals surface area contributed by atoms with Gasteiger partial charge in [-0.15, -0.1) is 5.10 Å². The third-order valence-corrected chi connectivity index (χ3v) is 3.22. The first-order valence-electron chi connectivity index (χ1n) is 6.09. The summed E-state index contributed by atoms with van der Waals surface area (Å²) in [5.74, 6) is 0. The van der Waals surface area contributed by atoms with E-state index in [1.54, 1.807) is 0 Å². The van der Waals surface area contributed by atoms with Gasteiger partial charge in [-0.25, -0.2) is 4.68 Å². The minimum atomic E-state index is 0.0459. The topological polar surface area (TPSA) is 66.0 Å². The maximum Gasteiger partial charge on any atom is 0.118 e. The average molecular weight is 244 g/mol. The summed E-state index contributed by atoms with van der Waals surface area (Å²) < 4.78 is 7.58. The second kappa shape index (κ2) is 4.51. The molecule has 18 heavy (non-hydrogen) atoms. The molecule has 1 atom stereocenters. The van der Waals surface area contributed by atoms with Crippen LogP contribution >= 0.6 is 0 Å². The van der Waals surface area contributed by atoms with Gasteiger partial charge < -0.3 is 10.5 Å². The first-order chi connectivity index (χ1) is 8.78. The summed E-state index contributed by atoms with van der Waals surface area (Å²) in [7, 11) is 0. The predicted molar refractivity (Wildman–Crippen MR) is 67.8 cm³/mol. The third kappa shape index (κ3) is 1.91. The van der Waals surface area contributed by atoms with E-state index in [4.69, 9.17) is 10.5 Å². The largest absolute Gasteiger partial charge is 0.369 e. The zero-order valence-corrected chi connectivity index (χ0v) is 10.3. The molecule has 2 aromatic rings. The van der Waals surface area contributed by atoms with Crippen molar-refractivity contribution in [2.45, 2.75) is 26.2 Å². The van der Waals surface area contributed by atoms with Crippen LogP contribution in [0.15, 0.2) is 24.3 Å². The lowest BCUT2D eigenvalue weighted by Gasteiger charge is -2.22. The lowest BCUT2D eigenvalue weighted by Crippen LogP contribution is -2.33. The van der Waals surface area contributed by atoms with Crippen LogP contribution in [0.1, 0.15) is 11.3 Å². The summed E-state index contributed by atoms with van der Waals surface area (Å²) in [5.41, 5.74) is 9.86. The molecule has 2 heterocycles. The molecule has 1 aromatic carbocycles. The number of rotatable bonds is 2. The molecule has 0 saturated heterocycles. The average Bonchev–Trinajstić information content (AvgIpc) is 2.81. The van der Waals surface area contributed by atoms with E-state index in [2.05, 4.69) is 29.4 Å². The van der Waals surface area contributed by atoms with E-state index >= 15 is 0 Å². The van der Waals surface area contributed by atoms with Crippen molar-refractivity contribution in [2.75, 3.05) is 6.54 Å². The van der Waals surface area contributed by atoms with Crippen LogP contribution in [-0.4, -0.2) is 27.6 Å². The van der Waals surface area contributed by atoms with Gasteiger partial charge in [0.2, 0.25) is 0 Å². The number of nitrogens with zero attached hydrogens (tertiary/aromatic N) is 3. The Balaban J connectivity index is 1.98. The van der Waals surface area contributed by atoms with Gasteiger partial charge in [-0.1, -0.05) is 29.0 Å². The maximum atomic E-state index is 5.68. The molecule has 0 radical (unpaired) electrons. The Kier molecular flexibility index (Phi) is 2.85. The molecule has 0 spiro atoms. The van der Waals surface area contributed by atoms with E-state index in [0.717, 1.165) is 17.0 Å². The summed E-state index contributed by atoms with van der Waals surface area (Å²) in [6, 6.07) is 8.26. The van der Waals surface area contributed by atoms with E-state index in [0.29, 0.717) is 19.7 Å². The summed E-state index contributed by atoms with van der Waals surface area (Å²) in [4.78, 5) is 0. The molecule has 0 saturated carbocycles. The summed E-state index contributed by atoms with van der Waals surface area (Å²) >= 11 is 0. The Hall–Kier alpha value is -1.72. The van der Waals surface area contributed by atoms with Crippen molar-refractivity contribution in [3.8, 4) is 11.3 Å². The van der Waals surface area contributed by atoms with Crippen molar-refractivity contribution in [1.82, 2.24) is 15.0 Å². The first kappa shape index (κ1) is 11.4. The quantitative estimate of drug-likeness (QED) is 0.859. The lowest BCUT2D eigenvalue weighted by atomic mass is 10.1. The molecule has 0 fully saturated rings. The Bertz CT molecular complexity index is 564. The van der Waals surface area contributed by atoms with Gasteiger partial charge in [0.05, 0.1) is 24.9 Å². The first-order valence-corrected chi connectivity index (χ1v) is 6.09. The van der Waals surface area contributed by atoms with Crippen LogP contribution in [-0.2, 0) is 17.9 Å². The fourth-order valence-corrected chi connectivity index (χ4v) is 2.22. The Morgan fingerprint density at radius 1 is 1.50 bits per heavy atom. The van der Waals surface area contributed by atoms with Gasteiger partial charge in [-0.05, 0) is 13.0 Å². The SMILES string of the molecule is Cc1cccc(-c2nnn3c2COC(CN)C3)c1. The number of aromatic nitrogens is 3. The molecule has 0 amide bonds. The number of nitrogens with two attached hydrogens (primary N) is 1. The summed E-state index contributed by atoms with van der Waals surface area (Å²) in [6.07, 6.45) is 0.0459. The van der Waals surface area contributed by atoms with Gasteiger partial charge in [-0.2, -0.15) is 0 Å². The number of benzene rings is 1. The fraction of sp³-hybridized carbons (Fsp3) is 0.385. The highest BCUT2D eigenvalue weighted by Gasteiger charge is 2.23. The van der Waals surface area contributed by atoms with Crippen LogP contribution in [0.4, 0.5) is 0 Å². The molecule has 1 aliphatic heterocycles. The lowest BCUT2D eigenvalue weighted by molar-refractivity contribution is 0.00639. The maximum absolute atomic E-state index is 5.68. The molecule has 1 unspecified atom stereocenters. The highest BCUT2D eigenvalue weighted by atomic mass is 16.5. The Morgan fingerprint density at radius 3 is 3.17 bits per heavy atom. The highest BCUT2D eigenvalue weighted by Crippen LogP contribution is 2.25. The van der Waals surface area contributed by atoms with E-state index in [-0.39, 0.29) is 6.10 Å². The molecule has 94 valence electrons. The molecular weight excluding hydrogens is 228 g/mol. The molecule has 0 aliphatic carbocycles. The zero-order valence-electron chi connectivity index (χ0n) is 10.3. The van der Waals surface area contributed by atoms with E-state index in [1.807, 2.05) is 16.8 Å². The van der Waals surface area contributed by atoms with Gasteiger partial charge in [0.1, 0.15) is 5.69 Å². The minimum Gasteiger partial charge on any atom is -0.369 e. The van der Waals surface area contributed by atoms with Crippen molar-refractivity contribution in [1.29, 1.82) is 0 Å². The molecule has 1 aromatic heterocycles. The van der Waals surface area contributed by atoms with Crippen LogP contribution < -0.4 is 5.73 Å². The standard InChI is InChI=1S/C13H16N4O/c1-9-3-2-4-10(5-9)13-12-8-18-11(6-14)7-17(12)16-15-13/h2-5,11H,6-8,14H2,1H3. The fourth-order valence-electron chi connectivity index (χ4n) is 2.22. The molecule has 1 aliphatic rings. The smallest absolute Gasteiger partial charge is 0.118 e. The van der Waals surface area contributed by atoms with Gasteiger partial charge >= 0.3 is 0 Å². The van der Waals surface area contributed by atoms with E-state index < -0.39 is 0 Å². The van der Waals surface area contributed by atoms with Crippen LogP contribution in [0.3, 0.4) is 0 Å². The van der Waals surface area contributed by atoms with Gasteiger partial charge in [0.15, 0.2) is 0 Å².